The fraction of sp³-hybridized carbons (Fsp3) is 0.353. The molecule has 0 aliphatic carbocycles. The molecule has 0 atom stereocenters. The highest BCUT2D eigenvalue weighted by Crippen LogP contribution is 2.09. The van der Waals surface area contributed by atoms with E-state index in [0.29, 0.717) is 19.0 Å². The van der Waals surface area contributed by atoms with Gasteiger partial charge < -0.3 is 15.1 Å². The van der Waals surface area contributed by atoms with Crippen LogP contribution < -0.4 is 15.8 Å². The standard InChI is InChI=1S/C17H24N4O3S/c1-13(2)21-17(19-10-9-15-4-3-11-24-15)20-12-14-5-7-16(8-6-14)25(18,22)23/h3-8,11,13H,9-10,12H2,1-2H3,(H2,18,22,23)(H2,19,20,21). The van der Waals surface area contributed by atoms with Crippen molar-refractivity contribution in [1.29, 1.82) is 0 Å². The van der Waals surface area contributed by atoms with Crippen LogP contribution in [0.1, 0.15) is 25.2 Å². The highest BCUT2D eigenvalue weighted by molar-refractivity contribution is 7.89. The SMILES string of the molecule is CC(C)NC(=NCc1ccc(S(N)(=O)=O)cc1)NCCc1ccco1. The Hall–Kier alpha value is -2.32. The Morgan fingerprint density at radius 1 is 1.24 bits per heavy atom. The summed E-state index contributed by atoms with van der Waals surface area (Å²) in [6.45, 7) is 5.18. The molecule has 0 aliphatic rings. The Bertz CT molecular complexity index is 782. The quantitative estimate of drug-likeness (QED) is 0.511. The maximum atomic E-state index is 11.3. The highest BCUT2D eigenvalue weighted by atomic mass is 32.2. The van der Waals surface area contributed by atoms with E-state index in [1.165, 1.54) is 12.1 Å². The number of primary sulfonamides is 1. The predicted octanol–water partition coefficient (Wildman–Crippen LogP) is 1.61. The van der Waals surface area contributed by atoms with Gasteiger partial charge in [0.1, 0.15) is 5.76 Å². The van der Waals surface area contributed by atoms with Crippen molar-refractivity contribution >= 4 is 16.0 Å². The Morgan fingerprint density at radius 2 is 1.96 bits per heavy atom. The van der Waals surface area contributed by atoms with Crippen molar-refractivity contribution in [1.82, 2.24) is 10.6 Å². The average Bonchev–Trinajstić information content (AvgIpc) is 3.05. The first-order chi connectivity index (χ1) is 11.8. The zero-order valence-corrected chi connectivity index (χ0v) is 15.2. The molecular formula is C17H24N4O3S. The maximum absolute atomic E-state index is 11.3. The lowest BCUT2D eigenvalue weighted by atomic mass is 10.2. The molecule has 2 rings (SSSR count). The molecule has 8 heteroatoms. The van der Waals surface area contributed by atoms with Gasteiger partial charge in [-0.05, 0) is 43.7 Å². The largest absolute Gasteiger partial charge is 0.469 e. The lowest BCUT2D eigenvalue weighted by Gasteiger charge is -2.15. The molecule has 7 nitrogen and oxygen atoms in total. The molecule has 1 aromatic heterocycles. The van der Waals surface area contributed by atoms with Crippen molar-refractivity contribution < 1.29 is 12.8 Å². The van der Waals surface area contributed by atoms with Crippen molar-refractivity contribution in [3.8, 4) is 0 Å². The topological polar surface area (TPSA) is 110 Å². The fourth-order valence-corrected chi connectivity index (χ4v) is 2.66. The molecule has 25 heavy (non-hydrogen) atoms. The van der Waals surface area contributed by atoms with E-state index in [0.717, 1.165) is 17.7 Å². The second kappa shape index (κ2) is 8.68. The number of nitrogens with one attached hydrogen (secondary N) is 2. The minimum atomic E-state index is -3.67. The van der Waals surface area contributed by atoms with Crippen molar-refractivity contribution in [2.75, 3.05) is 6.54 Å². The first-order valence-corrected chi connectivity index (χ1v) is 9.58. The molecular weight excluding hydrogens is 340 g/mol. The van der Waals surface area contributed by atoms with Gasteiger partial charge in [0.15, 0.2) is 5.96 Å². The molecule has 0 saturated heterocycles. The minimum absolute atomic E-state index is 0.0948. The highest BCUT2D eigenvalue weighted by Gasteiger charge is 2.07. The molecule has 0 radical (unpaired) electrons. The van der Waals surface area contributed by atoms with Gasteiger partial charge in [-0.1, -0.05) is 12.1 Å². The molecule has 0 saturated carbocycles. The Kier molecular flexibility index (Phi) is 6.60. The number of guanidine groups is 1. The summed E-state index contributed by atoms with van der Waals surface area (Å²) in [6, 6.07) is 10.4. The molecule has 2 aromatic rings. The van der Waals surface area contributed by atoms with Gasteiger partial charge in [-0.3, -0.25) is 0 Å². The van der Waals surface area contributed by atoms with Crippen molar-refractivity contribution in [2.45, 2.75) is 37.8 Å². The molecule has 0 fully saturated rings. The van der Waals surface area contributed by atoms with E-state index in [9.17, 15) is 8.42 Å². The molecule has 0 unspecified atom stereocenters. The Morgan fingerprint density at radius 3 is 2.52 bits per heavy atom. The van der Waals surface area contributed by atoms with Crippen LogP contribution in [0.2, 0.25) is 0 Å². The lowest BCUT2D eigenvalue weighted by molar-refractivity contribution is 0.506. The summed E-state index contributed by atoms with van der Waals surface area (Å²) in [5.74, 6) is 1.60. The van der Waals surface area contributed by atoms with Gasteiger partial charge in [0.05, 0.1) is 17.7 Å². The van der Waals surface area contributed by atoms with E-state index in [2.05, 4.69) is 15.6 Å². The van der Waals surface area contributed by atoms with Crippen LogP contribution in [0.4, 0.5) is 0 Å². The third kappa shape index (κ3) is 6.60. The lowest BCUT2D eigenvalue weighted by Crippen LogP contribution is -2.41. The van der Waals surface area contributed by atoms with Crippen LogP contribution >= 0.6 is 0 Å². The Labute approximate surface area is 148 Å². The summed E-state index contributed by atoms with van der Waals surface area (Å²) >= 11 is 0. The molecule has 1 heterocycles. The van der Waals surface area contributed by atoms with Crippen molar-refractivity contribution in [3.63, 3.8) is 0 Å². The summed E-state index contributed by atoms with van der Waals surface area (Å²) in [6.07, 6.45) is 2.41. The third-order valence-corrected chi connectivity index (χ3v) is 4.27. The van der Waals surface area contributed by atoms with E-state index in [4.69, 9.17) is 9.56 Å². The first kappa shape index (κ1) is 19.0. The number of rotatable bonds is 7. The number of hydrogen-bond acceptors (Lipinski definition) is 4. The van der Waals surface area contributed by atoms with Crippen LogP contribution in [0.15, 0.2) is 57.0 Å². The fourth-order valence-electron chi connectivity index (χ4n) is 2.14. The smallest absolute Gasteiger partial charge is 0.238 e. The molecule has 0 aliphatic heterocycles. The summed E-state index contributed by atoms with van der Waals surface area (Å²) in [5.41, 5.74) is 0.892. The maximum Gasteiger partial charge on any atom is 0.238 e. The van der Waals surface area contributed by atoms with Gasteiger partial charge in [0.2, 0.25) is 10.0 Å². The Balaban J connectivity index is 1.96. The molecule has 4 N–H and O–H groups in total. The number of nitrogens with two attached hydrogens (primary N) is 1. The molecule has 0 bridgehead atoms. The van der Waals surface area contributed by atoms with Gasteiger partial charge in [-0.2, -0.15) is 0 Å². The molecule has 0 amide bonds. The number of aliphatic imine (C=N–C) groups is 1. The zero-order valence-electron chi connectivity index (χ0n) is 14.4. The second-order valence-electron chi connectivity index (χ2n) is 5.91. The van der Waals surface area contributed by atoms with Crippen molar-refractivity contribution in [3.05, 3.63) is 54.0 Å². The zero-order chi connectivity index (χ0) is 18.3. The van der Waals surface area contributed by atoms with Crippen LogP contribution in [0.5, 0.6) is 0 Å². The van der Waals surface area contributed by atoms with Crippen LogP contribution in [0.3, 0.4) is 0 Å². The van der Waals surface area contributed by atoms with Crippen molar-refractivity contribution in [2.24, 2.45) is 10.1 Å². The minimum Gasteiger partial charge on any atom is -0.469 e. The number of furan rings is 1. The second-order valence-corrected chi connectivity index (χ2v) is 7.47. The monoisotopic (exact) mass is 364 g/mol. The first-order valence-electron chi connectivity index (χ1n) is 8.03. The van der Waals surface area contributed by atoms with Crippen LogP contribution in [-0.4, -0.2) is 27.0 Å². The van der Waals surface area contributed by atoms with Crippen LogP contribution in [0, 0.1) is 0 Å². The summed E-state index contributed by atoms with van der Waals surface area (Å²) in [7, 11) is -3.67. The predicted molar refractivity (Wildman–Crippen MR) is 97.6 cm³/mol. The third-order valence-electron chi connectivity index (χ3n) is 3.34. The number of nitrogens with zero attached hydrogens (tertiary/aromatic N) is 1. The number of sulfonamides is 1. The number of benzene rings is 1. The van der Waals surface area contributed by atoms with Gasteiger partial charge >= 0.3 is 0 Å². The molecule has 136 valence electrons. The molecule has 1 aromatic carbocycles. The summed E-state index contributed by atoms with van der Waals surface area (Å²) < 4.78 is 27.8. The average molecular weight is 364 g/mol. The summed E-state index contributed by atoms with van der Waals surface area (Å²) in [4.78, 5) is 4.62. The van der Waals surface area contributed by atoms with Crippen LogP contribution in [0.25, 0.3) is 0 Å². The van der Waals surface area contributed by atoms with Gasteiger partial charge in [-0.15, -0.1) is 0 Å². The van der Waals surface area contributed by atoms with E-state index in [-0.39, 0.29) is 10.9 Å². The normalized spacial score (nSPS) is 12.4. The molecule has 0 spiro atoms. The van der Waals surface area contributed by atoms with Gasteiger partial charge in [0.25, 0.3) is 0 Å². The van der Waals surface area contributed by atoms with Gasteiger partial charge in [0, 0.05) is 19.0 Å². The van der Waals surface area contributed by atoms with E-state index >= 15 is 0 Å². The number of hydrogen-bond donors (Lipinski definition) is 3. The summed E-state index contributed by atoms with van der Waals surface area (Å²) in [5, 5.41) is 11.6. The van der Waals surface area contributed by atoms with Crippen LogP contribution in [-0.2, 0) is 23.0 Å². The van der Waals surface area contributed by atoms with E-state index < -0.39 is 10.0 Å². The van der Waals surface area contributed by atoms with E-state index in [1.54, 1.807) is 18.4 Å². The van der Waals surface area contributed by atoms with E-state index in [1.807, 2.05) is 26.0 Å². The van der Waals surface area contributed by atoms with Gasteiger partial charge in [-0.25, -0.2) is 18.5 Å².